The third-order valence-corrected chi connectivity index (χ3v) is 7.48. The number of benzene rings is 2. The molecule has 4 rings (SSSR count). The number of amides is 2. The van der Waals surface area contributed by atoms with E-state index in [9.17, 15) is 14.9 Å². The van der Waals surface area contributed by atoms with Crippen LogP contribution in [0.5, 0.6) is 0 Å². The van der Waals surface area contributed by atoms with E-state index in [4.69, 9.17) is 10.7 Å². The van der Waals surface area contributed by atoms with Gasteiger partial charge in [-0.25, -0.2) is 4.98 Å². The molecule has 172 valence electrons. The van der Waals surface area contributed by atoms with Crippen molar-refractivity contribution in [3.8, 4) is 6.07 Å². The number of hydrogen-bond acceptors (Lipinski definition) is 5. The molecule has 0 saturated carbocycles. The van der Waals surface area contributed by atoms with Crippen molar-refractivity contribution in [2.24, 2.45) is 5.73 Å². The summed E-state index contributed by atoms with van der Waals surface area (Å²) in [5.41, 5.74) is 9.97. The number of nitrogens with two attached hydrogens (primary N) is 1. The van der Waals surface area contributed by atoms with Crippen molar-refractivity contribution < 1.29 is 9.59 Å². The van der Waals surface area contributed by atoms with Crippen molar-refractivity contribution in [3.63, 3.8) is 0 Å². The van der Waals surface area contributed by atoms with Crippen LogP contribution in [0.3, 0.4) is 0 Å². The van der Waals surface area contributed by atoms with Gasteiger partial charge in [0, 0.05) is 5.69 Å². The van der Waals surface area contributed by atoms with Crippen LogP contribution in [0.15, 0.2) is 65.7 Å². The molecule has 1 heterocycles. The van der Waals surface area contributed by atoms with Crippen molar-refractivity contribution in [1.29, 1.82) is 5.26 Å². The molecule has 2 atom stereocenters. The van der Waals surface area contributed by atoms with Crippen LogP contribution in [0.1, 0.15) is 58.4 Å². The Bertz CT molecular complexity index is 1250. The summed E-state index contributed by atoms with van der Waals surface area (Å²) in [7, 11) is 0. The fourth-order valence-corrected chi connectivity index (χ4v) is 5.30. The second-order valence-corrected chi connectivity index (χ2v) is 9.51. The largest absolute Gasteiger partial charge is 0.366 e. The average molecular weight is 471 g/mol. The number of carbonyl (C=O) groups excluding carboxylic acids is 2. The van der Waals surface area contributed by atoms with E-state index in [2.05, 4.69) is 35.7 Å². The lowest BCUT2D eigenvalue weighted by Crippen LogP contribution is -2.26. The monoisotopic (exact) mass is 470 g/mol. The zero-order valence-electron chi connectivity index (χ0n) is 19.0. The fraction of sp³-hybridized carbons (Fsp3) is 0.259. The van der Waals surface area contributed by atoms with Crippen LogP contribution in [0, 0.1) is 11.3 Å². The van der Waals surface area contributed by atoms with Crippen LogP contribution in [-0.4, -0.2) is 22.0 Å². The van der Waals surface area contributed by atoms with E-state index in [0.717, 1.165) is 30.5 Å². The molecule has 2 aromatic carbocycles. The van der Waals surface area contributed by atoms with E-state index < -0.39 is 11.2 Å². The highest BCUT2D eigenvalue weighted by atomic mass is 32.2. The summed E-state index contributed by atoms with van der Waals surface area (Å²) in [6.07, 6.45) is 3.23. The SMILES string of the molecule is CCC(Sc1nc2c(cc1C#N)CC(c1ccccc1)CC2)C(=O)Nc1ccccc1C(N)=O. The molecule has 6 nitrogen and oxygen atoms in total. The Balaban J connectivity index is 1.53. The van der Waals surface area contributed by atoms with Gasteiger partial charge in [-0.1, -0.05) is 61.2 Å². The molecule has 3 N–H and O–H groups in total. The number of hydrogen-bond donors (Lipinski definition) is 2. The summed E-state index contributed by atoms with van der Waals surface area (Å²) in [5.74, 6) is -0.442. The van der Waals surface area contributed by atoms with Crippen molar-refractivity contribution in [3.05, 3.63) is 88.6 Å². The van der Waals surface area contributed by atoms with Gasteiger partial charge < -0.3 is 11.1 Å². The number of nitriles is 1. The molecule has 7 heteroatoms. The van der Waals surface area contributed by atoms with Crippen LogP contribution in [0.2, 0.25) is 0 Å². The van der Waals surface area contributed by atoms with Crippen LogP contribution >= 0.6 is 11.8 Å². The summed E-state index contributed by atoms with van der Waals surface area (Å²) in [4.78, 5) is 29.5. The van der Waals surface area contributed by atoms with Gasteiger partial charge in [0.1, 0.15) is 11.1 Å². The first kappa shape index (κ1) is 23.5. The summed E-state index contributed by atoms with van der Waals surface area (Å²) in [5, 5.41) is 12.7. The Morgan fingerprint density at radius 2 is 1.94 bits per heavy atom. The smallest absolute Gasteiger partial charge is 0.250 e. The summed E-state index contributed by atoms with van der Waals surface area (Å²) < 4.78 is 0. The molecule has 34 heavy (non-hydrogen) atoms. The Hall–Kier alpha value is -3.63. The Morgan fingerprint density at radius 1 is 1.21 bits per heavy atom. The second kappa shape index (κ2) is 10.5. The van der Waals surface area contributed by atoms with Gasteiger partial charge in [0.15, 0.2) is 0 Å². The number of pyridine rings is 1. The Kier molecular flexibility index (Phi) is 7.29. The van der Waals surface area contributed by atoms with Crippen molar-refractivity contribution in [2.45, 2.75) is 48.8 Å². The number of nitrogens with one attached hydrogen (secondary N) is 1. The minimum absolute atomic E-state index is 0.256. The first-order chi connectivity index (χ1) is 16.5. The van der Waals surface area contributed by atoms with E-state index in [1.54, 1.807) is 24.3 Å². The minimum atomic E-state index is -0.603. The van der Waals surface area contributed by atoms with Gasteiger partial charge >= 0.3 is 0 Å². The van der Waals surface area contributed by atoms with Gasteiger partial charge in [-0.2, -0.15) is 5.26 Å². The van der Waals surface area contributed by atoms with Crippen molar-refractivity contribution >= 4 is 29.3 Å². The van der Waals surface area contributed by atoms with E-state index in [-0.39, 0.29) is 11.5 Å². The maximum atomic E-state index is 13.0. The van der Waals surface area contributed by atoms with Gasteiger partial charge in [0.05, 0.1) is 22.1 Å². The molecule has 1 aliphatic carbocycles. The van der Waals surface area contributed by atoms with Gasteiger partial charge in [0.2, 0.25) is 5.91 Å². The number of fused-ring (bicyclic) bond motifs is 1. The molecule has 1 aliphatic rings. The highest BCUT2D eigenvalue weighted by molar-refractivity contribution is 8.00. The third-order valence-electron chi connectivity index (χ3n) is 6.11. The average Bonchev–Trinajstić information content (AvgIpc) is 2.87. The Morgan fingerprint density at radius 3 is 2.65 bits per heavy atom. The number of primary amides is 1. The predicted octanol–water partition coefficient (Wildman–Crippen LogP) is 4.83. The normalized spacial score (nSPS) is 15.6. The number of aryl methyl sites for hydroxylation is 1. The molecule has 0 radical (unpaired) electrons. The first-order valence-corrected chi connectivity index (χ1v) is 12.2. The summed E-state index contributed by atoms with van der Waals surface area (Å²) in [6, 6.07) is 21.3. The molecule has 0 spiro atoms. The molecule has 0 fully saturated rings. The molecule has 1 aromatic heterocycles. The van der Waals surface area contributed by atoms with Crippen LogP contribution in [0.25, 0.3) is 0 Å². The lowest BCUT2D eigenvalue weighted by Gasteiger charge is -2.25. The molecular formula is C27H26N4O2S. The van der Waals surface area contributed by atoms with E-state index in [0.29, 0.717) is 28.6 Å². The molecule has 0 aliphatic heterocycles. The number of nitrogens with zero attached hydrogens (tertiary/aromatic N) is 2. The van der Waals surface area contributed by atoms with Crippen molar-refractivity contribution in [1.82, 2.24) is 4.98 Å². The van der Waals surface area contributed by atoms with Gasteiger partial charge in [-0.3, -0.25) is 9.59 Å². The quantitative estimate of drug-likeness (QED) is 0.481. The molecule has 3 aromatic rings. The zero-order chi connectivity index (χ0) is 24.1. The van der Waals surface area contributed by atoms with Gasteiger partial charge in [0.25, 0.3) is 5.91 Å². The highest BCUT2D eigenvalue weighted by Crippen LogP contribution is 2.36. The number of rotatable bonds is 7. The van der Waals surface area contributed by atoms with Crippen LogP contribution in [0.4, 0.5) is 5.69 Å². The molecule has 2 unspecified atom stereocenters. The number of para-hydroxylation sites is 1. The Labute approximate surface area is 203 Å². The van der Waals surface area contributed by atoms with Gasteiger partial charge in [-0.15, -0.1) is 0 Å². The molecule has 2 amide bonds. The molecular weight excluding hydrogens is 444 g/mol. The van der Waals surface area contributed by atoms with Crippen LogP contribution < -0.4 is 11.1 Å². The van der Waals surface area contributed by atoms with Crippen LogP contribution in [-0.2, 0) is 17.6 Å². The van der Waals surface area contributed by atoms with E-state index in [1.807, 2.05) is 19.1 Å². The standard InChI is InChI=1S/C27H26N4O2S/c1-2-24(26(33)30-23-11-7-6-10-21(23)25(29)32)34-27-20(16-28)15-19-14-18(12-13-22(19)31-27)17-8-4-3-5-9-17/h3-11,15,18,24H,2,12-14H2,1H3,(H2,29,32)(H,30,33). The maximum absolute atomic E-state index is 13.0. The second-order valence-electron chi connectivity index (χ2n) is 8.32. The minimum Gasteiger partial charge on any atom is -0.366 e. The number of thioether (sulfide) groups is 1. The fourth-order valence-electron chi connectivity index (χ4n) is 4.30. The van der Waals surface area contributed by atoms with Gasteiger partial charge in [-0.05, 0) is 60.9 Å². The third kappa shape index (κ3) is 5.13. The first-order valence-electron chi connectivity index (χ1n) is 11.3. The maximum Gasteiger partial charge on any atom is 0.250 e. The number of anilines is 1. The van der Waals surface area contributed by atoms with E-state index in [1.165, 1.54) is 17.3 Å². The number of carbonyl (C=O) groups is 2. The van der Waals surface area contributed by atoms with E-state index >= 15 is 0 Å². The summed E-state index contributed by atoms with van der Waals surface area (Å²) >= 11 is 1.29. The summed E-state index contributed by atoms with van der Waals surface area (Å²) in [6.45, 7) is 1.91. The predicted molar refractivity (Wildman–Crippen MR) is 134 cm³/mol. The topological polar surface area (TPSA) is 109 Å². The lowest BCUT2D eigenvalue weighted by atomic mass is 9.82. The molecule has 0 saturated heterocycles. The molecule has 0 bridgehead atoms. The highest BCUT2D eigenvalue weighted by Gasteiger charge is 2.26. The lowest BCUT2D eigenvalue weighted by molar-refractivity contribution is -0.115. The van der Waals surface area contributed by atoms with Crippen molar-refractivity contribution in [2.75, 3.05) is 5.32 Å². The zero-order valence-corrected chi connectivity index (χ0v) is 19.8. The number of aromatic nitrogens is 1.